The van der Waals surface area contributed by atoms with E-state index in [9.17, 15) is 4.39 Å². The smallest absolute Gasteiger partial charge is 0.165 e. The molecule has 1 aromatic carbocycles. The lowest BCUT2D eigenvalue weighted by molar-refractivity contribution is -0.0408. The lowest BCUT2D eigenvalue weighted by Gasteiger charge is -2.29. The SMILES string of the molecule is CC(N)c1ccc(OCC2CN(C)CCO2)c(F)c1. The van der Waals surface area contributed by atoms with Crippen LogP contribution in [-0.2, 0) is 4.74 Å². The Bertz CT molecular complexity index is 426. The van der Waals surface area contributed by atoms with E-state index in [4.69, 9.17) is 15.2 Å². The summed E-state index contributed by atoms with van der Waals surface area (Å²) in [4.78, 5) is 2.17. The van der Waals surface area contributed by atoms with Crippen LogP contribution in [0.2, 0.25) is 0 Å². The van der Waals surface area contributed by atoms with Crippen molar-refractivity contribution in [1.29, 1.82) is 0 Å². The van der Waals surface area contributed by atoms with Crippen molar-refractivity contribution in [2.24, 2.45) is 5.73 Å². The van der Waals surface area contributed by atoms with E-state index in [1.807, 2.05) is 14.0 Å². The van der Waals surface area contributed by atoms with E-state index < -0.39 is 0 Å². The van der Waals surface area contributed by atoms with Crippen molar-refractivity contribution in [3.05, 3.63) is 29.6 Å². The number of nitrogens with zero attached hydrogens (tertiary/aromatic N) is 1. The van der Waals surface area contributed by atoms with Crippen molar-refractivity contribution in [3.63, 3.8) is 0 Å². The molecule has 0 amide bonds. The van der Waals surface area contributed by atoms with Crippen LogP contribution < -0.4 is 10.5 Å². The Labute approximate surface area is 113 Å². The highest BCUT2D eigenvalue weighted by Gasteiger charge is 2.19. The summed E-state index contributed by atoms with van der Waals surface area (Å²) in [5, 5.41) is 0. The van der Waals surface area contributed by atoms with Gasteiger partial charge < -0.3 is 20.1 Å². The molecule has 106 valence electrons. The number of hydrogen-bond acceptors (Lipinski definition) is 4. The van der Waals surface area contributed by atoms with Crippen molar-refractivity contribution >= 4 is 0 Å². The Balaban J connectivity index is 1.92. The van der Waals surface area contributed by atoms with Gasteiger partial charge in [0.05, 0.1) is 6.61 Å². The molecule has 2 N–H and O–H groups in total. The Morgan fingerprint density at radius 1 is 1.58 bits per heavy atom. The van der Waals surface area contributed by atoms with E-state index in [0.29, 0.717) is 13.2 Å². The number of likely N-dealkylation sites (N-methyl/N-ethyl adjacent to an activating group) is 1. The number of morpholine rings is 1. The van der Waals surface area contributed by atoms with E-state index >= 15 is 0 Å². The van der Waals surface area contributed by atoms with Crippen LogP contribution in [0.25, 0.3) is 0 Å². The average Bonchev–Trinajstić information content (AvgIpc) is 2.37. The molecule has 0 aromatic heterocycles. The molecule has 2 unspecified atom stereocenters. The van der Waals surface area contributed by atoms with E-state index in [0.717, 1.165) is 18.7 Å². The van der Waals surface area contributed by atoms with Crippen LogP contribution in [0.1, 0.15) is 18.5 Å². The van der Waals surface area contributed by atoms with E-state index in [-0.39, 0.29) is 23.7 Å². The molecular weight excluding hydrogens is 247 g/mol. The minimum atomic E-state index is -0.376. The van der Waals surface area contributed by atoms with E-state index in [2.05, 4.69) is 4.90 Å². The summed E-state index contributed by atoms with van der Waals surface area (Å²) in [6.07, 6.45) is -0.00809. The Kier molecular flexibility index (Phi) is 4.74. The summed E-state index contributed by atoms with van der Waals surface area (Å²) < 4.78 is 24.9. The minimum Gasteiger partial charge on any atom is -0.488 e. The zero-order chi connectivity index (χ0) is 13.8. The fraction of sp³-hybridized carbons (Fsp3) is 0.571. The van der Waals surface area contributed by atoms with Crippen molar-refractivity contribution in [3.8, 4) is 5.75 Å². The number of ether oxygens (including phenoxy) is 2. The van der Waals surface area contributed by atoms with Crippen LogP contribution in [0.3, 0.4) is 0 Å². The molecule has 0 bridgehead atoms. The highest BCUT2D eigenvalue weighted by Crippen LogP contribution is 2.21. The fourth-order valence-electron chi connectivity index (χ4n) is 2.07. The lowest BCUT2D eigenvalue weighted by atomic mass is 10.1. The third-order valence-corrected chi connectivity index (χ3v) is 3.25. The van der Waals surface area contributed by atoms with Gasteiger partial charge in [0.25, 0.3) is 0 Å². The normalized spacial score (nSPS) is 22.2. The van der Waals surface area contributed by atoms with Crippen molar-refractivity contribution in [2.75, 3.05) is 33.4 Å². The first kappa shape index (κ1) is 14.2. The van der Waals surface area contributed by atoms with Crippen LogP contribution in [0.15, 0.2) is 18.2 Å². The van der Waals surface area contributed by atoms with Gasteiger partial charge in [-0.2, -0.15) is 0 Å². The third kappa shape index (κ3) is 3.89. The second kappa shape index (κ2) is 6.32. The second-order valence-electron chi connectivity index (χ2n) is 5.04. The highest BCUT2D eigenvalue weighted by molar-refractivity contribution is 5.30. The van der Waals surface area contributed by atoms with Crippen LogP contribution >= 0.6 is 0 Å². The molecule has 0 aliphatic carbocycles. The number of benzene rings is 1. The maximum atomic E-state index is 13.8. The molecule has 2 atom stereocenters. The van der Waals surface area contributed by atoms with Gasteiger partial charge in [-0.3, -0.25) is 0 Å². The molecule has 0 radical (unpaired) electrons. The van der Waals surface area contributed by atoms with Gasteiger partial charge in [0, 0.05) is 19.1 Å². The zero-order valence-corrected chi connectivity index (χ0v) is 11.4. The molecule has 0 saturated carbocycles. The largest absolute Gasteiger partial charge is 0.488 e. The van der Waals surface area contributed by atoms with Gasteiger partial charge >= 0.3 is 0 Å². The molecule has 0 spiro atoms. The van der Waals surface area contributed by atoms with Gasteiger partial charge in [-0.1, -0.05) is 6.07 Å². The van der Waals surface area contributed by atoms with Gasteiger partial charge in [-0.15, -0.1) is 0 Å². The Hall–Kier alpha value is -1.17. The summed E-state index contributed by atoms with van der Waals surface area (Å²) in [7, 11) is 2.04. The first-order chi connectivity index (χ1) is 9.06. The van der Waals surface area contributed by atoms with Crippen molar-refractivity contribution in [1.82, 2.24) is 4.90 Å². The summed E-state index contributed by atoms with van der Waals surface area (Å²) in [5.41, 5.74) is 6.47. The highest BCUT2D eigenvalue weighted by atomic mass is 19.1. The van der Waals surface area contributed by atoms with E-state index in [1.54, 1.807) is 12.1 Å². The molecule has 19 heavy (non-hydrogen) atoms. The van der Waals surface area contributed by atoms with E-state index in [1.165, 1.54) is 6.07 Å². The molecule has 1 aliphatic heterocycles. The van der Waals surface area contributed by atoms with Crippen molar-refractivity contribution in [2.45, 2.75) is 19.1 Å². The molecule has 4 nitrogen and oxygen atoms in total. The van der Waals surface area contributed by atoms with Gasteiger partial charge in [0.2, 0.25) is 0 Å². The van der Waals surface area contributed by atoms with Gasteiger partial charge in [-0.25, -0.2) is 4.39 Å². The predicted octanol–water partition coefficient (Wildman–Crippen LogP) is 1.55. The fourth-order valence-corrected chi connectivity index (χ4v) is 2.07. The van der Waals surface area contributed by atoms with Gasteiger partial charge in [-0.05, 0) is 31.7 Å². The number of hydrogen-bond donors (Lipinski definition) is 1. The first-order valence-corrected chi connectivity index (χ1v) is 6.54. The molecule has 1 aromatic rings. The maximum absolute atomic E-state index is 13.8. The maximum Gasteiger partial charge on any atom is 0.165 e. The standard InChI is InChI=1S/C14H21FN2O2/c1-10(16)11-3-4-14(13(15)7-11)19-9-12-8-17(2)5-6-18-12/h3-4,7,10,12H,5-6,8-9,16H2,1-2H3. The molecule has 2 rings (SSSR count). The van der Waals surface area contributed by atoms with Crippen LogP contribution in [-0.4, -0.2) is 44.4 Å². The number of halogens is 1. The predicted molar refractivity (Wildman–Crippen MR) is 71.7 cm³/mol. The summed E-state index contributed by atoms with van der Waals surface area (Å²) >= 11 is 0. The molecule has 1 heterocycles. The zero-order valence-electron chi connectivity index (χ0n) is 11.4. The van der Waals surface area contributed by atoms with Crippen molar-refractivity contribution < 1.29 is 13.9 Å². The van der Waals surface area contributed by atoms with Crippen LogP contribution in [0, 0.1) is 5.82 Å². The first-order valence-electron chi connectivity index (χ1n) is 6.54. The molecular formula is C14H21FN2O2. The van der Waals surface area contributed by atoms with Gasteiger partial charge in [0.1, 0.15) is 12.7 Å². The second-order valence-corrected chi connectivity index (χ2v) is 5.04. The topological polar surface area (TPSA) is 47.7 Å². The molecule has 5 heteroatoms. The summed E-state index contributed by atoms with van der Waals surface area (Å²) in [6, 6.07) is 4.66. The lowest BCUT2D eigenvalue weighted by Crippen LogP contribution is -2.42. The quantitative estimate of drug-likeness (QED) is 0.900. The third-order valence-electron chi connectivity index (χ3n) is 3.25. The number of rotatable bonds is 4. The summed E-state index contributed by atoms with van der Waals surface area (Å²) in [6.45, 7) is 4.60. The monoisotopic (exact) mass is 268 g/mol. The summed E-state index contributed by atoms with van der Waals surface area (Å²) in [5.74, 6) is -0.125. The van der Waals surface area contributed by atoms with Crippen LogP contribution in [0.5, 0.6) is 5.75 Å². The Morgan fingerprint density at radius 2 is 2.37 bits per heavy atom. The Morgan fingerprint density at radius 3 is 3.00 bits per heavy atom. The average molecular weight is 268 g/mol. The number of nitrogens with two attached hydrogens (primary N) is 1. The minimum absolute atomic E-state index is 0.00809. The molecule has 1 aliphatic rings. The van der Waals surface area contributed by atoms with Crippen LogP contribution in [0.4, 0.5) is 4.39 Å². The van der Waals surface area contributed by atoms with Gasteiger partial charge in [0.15, 0.2) is 11.6 Å². The molecule has 1 fully saturated rings. The molecule has 1 saturated heterocycles.